The molecule has 0 aliphatic carbocycles. The van der Waals surface area contributed by atoms with Crippen molar-refractivity contribution in [3.63, 3.8) is 0 Å². The maximum atomic E-state index is 12.2. The summed E-state index contributed by atoms with van der Waals surface area (Å²) in [5, 5.41) is 0. The standard InChI is InChI=1S/C19H29N3O2/c1-20(2)18(23)22-12-10-19(16-22)9-6-11-21(15-19)13-14-24-17-7-4-3-5-8-17/h3-5,7-8H,6,9-16H2,1-2H3/t19-/m1/s1. The third kappa shape index (κ3) is 4.01. The molecule has 5 heteroatoms. The third-order valence-electron chi connectivity index (χ3n) is 5.25. The van der Waals surface area contributed by atoms with Crippen LogP contribution in [0.15, 0.2) is 30.3 Å². The molecule has 0 radical (unpaired) electrons. The number of piperidine rings is 1. The Balaban J connectivity index is 1.49. The Labute approximate surface area is 145 Å². The van der Waals surface area contributed by atoms with E-state index >= 15 is 0 Å². The van der Waals surface area contributed by atoms with Crippen molar-refractivity contribution in [2.24, 2.45) is 5.41 Å². The van der Waals surface area contributed by atoms with Crippen molar-refractivity contribution < 1.29 is 9.53 Å². The number of benzene rings is 1. The zero-order valence-corrected chi connectivity index (χ0v) is 14.9. The normalized spacial score (nSPS) is 24.3. The highest BCUT2D eigenvalue weighted by Gasteiger charge is 2.42. The predicted octanol–water partition coefficient (Wildman–Crippen LogP) is 2.53. The first-order chi connectivity index (χ1) is 11.6. The molecule has 24 heavy (non-hydrogen) atoms. The summed E-state index contributed by atoms with van der Waals surface area (Å²) in [4.78, 5) is 18.4. The molecule has 1 spiro atoms. The van der Waals surface area contributed by atoms with Crippen LogP contribution in [-0.4, -0.2) is 74.2 Å². The molecule has 2 saturated heterocycles. The summed E-state index contributed by atoms with van der Waals surface area (Å²) in [5.41, 5.74) is 0.288. The van der Waals surface area contributed by atoms with E-state index in [-0.39, 0.29) is 11.4 Å². The smallest absolute Gasteiger partial charge is 0.319 e. The van der Waals surface area contributed by atoms with E-state index in [1.807, 2.05) is 49.3 Å². The molecule has 2 amide bonds. The maximum absolute atomic E-state index is 12.2. The lowest BCUT2D eigenvalue weighted by atomic mass is 9.79. The quantitative estimate of drug-likeness (QED) is 0.851. The average molecular weight is 331 g/mol. The van der Waals surface area contributed by atoms with E-state index in [9.17, 15) is 4.79 Å². The van der Waals surface area contributed by atoms with E-state index in [1.54, 1.807) is 4.90 Å². The highest BCUT2D eigenvalue weighted by molar-refractivity contribution is 5.74. The molecule has 132 valence electrons. The Kier molecular flexibility index (Phi) is 5.29. The fraction of sp³-hybridized carbons (Fsp3) is 0.632. The van der Waals surface area contributed by atoms with E-state index in [0.717, 1.165) is 51.5 Å². The van der Waals surface area contributed by atoms with Crippen molar-refractivity contribution in [1.82, 2.24) is 14.7 Å². The molecule has 3 rings (SSSR count). The van der Waals surface area contributed by atoms with Crippen molar-refractivity contribution in [3.05, 3.63) is 30.3 Å². The van der Waals surface area contributed by atoms with Crippen LogP contribution in [-0.2, 0) is 0 Å². The molecule has 2 aliphatic heterocycles. The molecule has 1 aromatic rings. The minimum atomic E-state index is 0.149. The number of amides is 2. The van der Waals surface area contributed by atoms with Crippen LogP contribution < -0.4 is 4.74 Å². The summed E-state index contributed by atoms with van der Waals surface area (Å²) in [6.07, 6.45) is 3.58. The number of hydrogen-bond donors (Lipinski definition) is 0. The van der Waals surface area contributed by atoms with Gasteiger partial charge in [-0.25, -0.2) is 4.79 Å². The first-order valence-electron chi connectivity index (χ1n) is 8.94. The lowest BCUT2D eigenvalue weighted by Crippen LogP contribution is -2.47. The number of ether oxygens (including phenoxy) is 1. The zero-order valence-electron chi connectivity index (χ0n) is 14.9. The van der Waals surface area contributed by atoms with Crippen molar-refractivity contribution in [1.29, 1.82) is 0 Å². The van der Waals surface area contributed by atoms with Gasteiger partial charge in [-0.3, -0.25) is 4.90 Å². The van der Waals surface area contributed by atoms with Gasteiger partial charge in [0.05, 0.1) is 0 Å². The topological polar surface area (TPSA) is 36.0 Å². The minimum absolute atomic E-state index is 0.149. The largest absolute Gasteiger partial charge is 0.492 e. The molecule has 0 bridgehead atoms. The Morgan fingerprint density at radius 3 is 2.71 bits per heavy atom. The maximum Gasteiger partial charge on any atom is 0.319 e. The van der Waals surface area contributed by atoms with E-state index in [4.69, 9.17) is 4.74 Å². The van der Waals surface area contributed by atoms with Crippen LogP contribution in [0.3, 0.4) is 0 Å². The fourth-order valence-corrected chi connectivity index (χ4v) is 4.02. The van der Waals surface area contributed by atoms with Crippen LogP contribution in [0.25, 0.3) is 0 Å². The van der Waals surface area contributed by atoms with Gasteiger partial charge < -0.3 is 14.5 Å². The molecule has 0 saturated carbocycles. The summed E-state index contributed by atoms with van der Waals surface area (Å²) in [5.74, 6) is 0.938. The van der Waals surface area contributed by atoms with Gasteiger partial charge in [-0.1, -0.05) is 18.2 Å². The highest BCUT2D eigenvalue weighted by Crippen LogP contribution is 2.39. The molecule has 2 aliphatic rings. The fourth-order valence-electron chi connectivity index (χ4n) is 4.02. The average Bonchev–Trinajstić information content (AvgIpc) is 2.98. The summed E-state index contributed by atoms with van der Waals surface area (Å²) in [7, 11) is 3.67. The SMILES string of the molecule is CN(C)C(=O)N1CC[C@@]2(CCCN(CCOc3ccccc3)C2)C1. The zero-order chi connectivity index (χ0) is 17.0. The van der Waals surface area contributed by atoms with Gasteiger partial charge in [0.25, 0.3) is 0 Å². The Bertz CT molecular complexity index is 549. The van der Waals surface area contributed by atoms with Crippen LogP contribution in [0, 0.1) is 5.41 Å². The predicted molar refractivity (Wildman–Crippen MR) is 95.3 cm³/mol. The van der Waals surface area contributed by atoms with E-state index in [0.29, 0.717) is 0 Å². The lowest BCUT2D eigenvalue weighted by molar-refractivity contribution is 0.0818. The lowest BCUT2D eigenvalue weighted by Gasteiger charge is -2.40. The van der Waals surface area contributed by atoms with Crippen molar-refractivity contribution in [2.75, 3.05) is 53.4 Å². The number of hydrogen-bond acceptors (Lipinski definition) is 3. The molecule has 1 atom stereocenters. The molecule has 0 unspecified atom stereocenters. The first kappa shape index (κ1) is 17.1. The molecule has 2 fully saturated rings. The number of likely N-dealkylation sites (tertiary alicyclic amines) is 2. The molecule has 0 N–H and O–H groups in total. The Morgan fingerprint density at radius 2 is 1.96 bits per heavy atom. The molecule has 2 heterocycles. The van der Waals surface area contributed by atoms with E-state index in [1.165, 1.54) is 12.8 Å². The molecular formula is C19H29N3O2. The number of rotatable bonds is 4. The van der Waals surface area contributed by atoms with E-state index in [2.05, 4.69) is 4.90 Å². The van der Waals surface area contributed by atoms with Crippen molar-refractivity contribution in [3.8, 4) is 5.75 Å². The first-order valence-corrected chi connectivity index (χ1v) is 8.94. The highest BCUT2D eigenvalue weighted by atomic mass is 16.5. The minimum Gasteiger partial charge on any atom is -0.492 e. The molecular weight excluding hydrogens is 302 g/mol. The van der Waals surface area contributed by atoms with Crippen LogP contribution in [0.5, 0.6) is 5.75 Å². The van der Waals surface area contributed by atoms with Gasteiger partial charge in [0.15, 0.2) is 0 Å². The van der Waals surface area contributed by atoms with E-state index < -0.39 is 0 Å². The van der Waals surface area contributed by atoms with Gasteiger partial charge >= 0.3 is 6.03 Å². The molecule has 1 aromatic carbocycles. The van der Waals surface area contributed by atoms with Crippen molar-refractivity contribution >= 4 is 6.03 Å². The Hall–Kier alpha value is -1.75. The Morgan fingerprint density at radius 1 is 1.17 bits per heavy atom. The third-order valence-corrected chi connectivity index (χ3v) is 5.25. The number of carbonyl (C=O) groups is 1. The number of urea groups is 1. The summed E-state index contributed by atoms with van der Waals surface area (Å²) >= 11 is 0. The second-order valence-electron chi connectivity index (χ2n) is 7.39. The van der Waals surface area contributed by atoms with Gasteiger partial charge in [0.2, 0.25) is 0 Å². The van der Waals surface area contributed by atoms with Crippen LogP contribution in [0.1, 0.15) is 19.3 Å². The summed E-state index contributed by atoms with van der Waals surface area (Å²) in [6, 6.07) is 10.2. The number of nitrogens with zero attached hydrogens (tertiary/aromatic N) is 3. The van der Waals surface area contributed by atoms with Crippen LogP contribution in [0.4, 0.5) is 4.79 Å². The van der Waals surface area contributed by atoms with Gasteiger partial charge in [0.1, 0.15) is 12.4 Å². The van der Waals surface area contributed by atoms with Crippen LogP contribution in [0.2, 0.25) is 0 Å². The van der Waals surface area contributed by atoms with Crippen molar-refractivity contribution in [2.45, 2.75) is 19.3 Å². The van der Waals surface area contributed by atoms with Gasteiger partial charge in [-0.15, -0.1) is 0 Å². The number of para-hydroxylation sites is 1. The van der Waals surface area contributed by atoms with Gasteiger partial charge in [0, 0.05) is 45.7 Å². The summed E-state index contributed by atoms with van der Waals surface area (Å²) in [6.45, 7) is 5.70. The molecule has 5 nitrogen and oxygen atoms in total. The molecule has 0 aromatic heterocycles. The van der Waals surface area contributed by atoms with Gasteiger partial charge in [-0.05, 0) is 37.9 Å². The number of carbonyl (C=O) groups excluding carboxylic acids is 1. The monoisotopic (exact) mass is 331 g/mol. The summed E-state index contributed by atoms with van der Waals surface area (Å²) < 4.78 is 5.84. The van der Waals surface area contributed by atoms with Gasteiger partial charge in [-0.2, -0.15) is 0 Å². The van der Waals surface area contributed by atoms with Crippen LogP contribution >= 0.6 is 0 Å². The second kappa shape index (κ2) is 7.43. The second-order valence-corrected chi connectivity index (χ2v) is 7.39.